The van der Waals surface area contributed by atoms with Crippen LogP contribution in [0.4, 0.5) is 18.9 Å². The monoisotopic (exact) mass is 286 g/mol. The van der Waals surface area contributed by atoms with Crippen molar-refractivity contribution in [3.05, 3.63) is 29.3 Å². The number of nitrogens with two attached hydrogens (primary N) is 1. The maximum absolute atomic E-state index is 13.2. The third-order valence-corrected chi connectivity index (χ3v) is 3.88. The highest BCUT2D eigenvalue weighted by molar-refractivity contribution is 5.52. The average molecular weight is 286 g/mol. The second kappa shape index (κ2) is 6.04. The highest BCUT2D eigenvalue weighted by Gasteiger charge is 2.34. The molecule has 5 heteroatoms. The van der Waals surface area contributed by atoms with Crippen LogP contribution in [0.25, 0.3) is 0 Å². The number of anilines is 1. The molecule has 0 radical (unpaired) electrons. The van der Waals surface area contributed by atoms with Gasteiger partial charge >= 0.3 is 6.18 Å². The van der Waals surface area contributed by atoms with Gasteiger partial charge in [-0.3, -0.25) is 0 Å². The first-order valence-electron chi connectivity index (χ1n) is 7.12. The molecule has 0 spiro atoms. The van der Waals surface area contributed by atoms with Crippen LogP contribution in [0.2, 0.25) is 0 Å². The lowest BCUT2D eigenvalue weighted by molar-refractivity contribution is -0.138. The second-order valence-corrected chi connectivity index (χ2v) is 5.41. The van der Waals surface area contributed by atoms with Gasteiger partial charge in [0.25, 0.3) is 0 Å². The van der Waals surface area contributed by atoms with E-state index in [9.17, 15) is 13.2 Å². The Morgan fingerprint density at radius 1 is 1.25 bits per heavy atom. The molecule has 2 N–H and O–H groups in total. The SMILES string of the molecule is CCC(N)Cc1ccc(N2CCCC2)cc1C(F)(F)F. The van der Waals surface area contributed by atoms with Crippen molar-refractivity contribution in [2.45, 2.75) is 44.8 Å². The minimum atomic E-state index is -4.32. The summed E-state index contributed by atoms with van der Waals surface area (Å²) in [5.74, 6) is 0. The number of benzene rings is 1. The van der Waals surface area contributed by atoms with Gasteiger partial charge in [0.15, 0.2) is 0 Å². The van der Waals surface area contributed by atoms with Crippen LogP contribution in [0.5, 0.6) is 0 Å². The Labute approximate surface area is 117 Å². The molecule has 1 saturated heterocycles. The lowest BCUT2D eigenvalue weighted by Crippen LogP contribution is -2.24. The summed E-state index contributed by atoms with van der Waals surface area (Å²) in [7, 11) is 0. The first-order valence-corrected chi connectivity index (χ1v) is 7.12. The van der Waals surface area contributed by atoms with E-state index < -0.39 is 11.7 Å². The van der Waals surface area contributed by atoms with Gasteiger partial charge in [0.2, 0.25) is 0 Å². The van der Waals surface area contributed by atoms with Gasteiger partial charge < -0.3 is 10.6 Å². The largest absolute Gasteiger partial charge is 0.416 e. The van der Waals surface area contributed by atoms with Gasteiger partial charge in [-0.1, -0.05) is 13.0 Å². The van der Waals surface area contributed by atoms with Crippen molar-refractivity contribution in [2.24, 2.45) is 5.73 Å². The van der Waals surface area contributed by atoms with E-state index >= 15 is 0 Å². The smallest absolute Gasteiger partial charge is 0.372 e. The van der Waals surface area contributed by atoms with Crippen LogP contribution in [-0.4, -0.2) is 19.1 Å². The number of halogens is 3. The molecule has 1 fully saturated rings. The Morgan fingerprint density at radius 2 is 1.90 bits per heavy atom. The van der Waals surface area contributed by atoms with Crippen molar-refractivity contribution < 1.29 is 13.2 Å². The van der Waals surface area contributed by atoms with E-state index in [1.165, 1.54) is 6.07 Å². The van der Waals surface area contributed by atoms with Crippen molar-refractivity contribution >= 4 is 5.69 Å². The molecule has 0 aromatic heterocycles. The van der Waals surface area contributed by atoms with Crippen molar-refractivity contribution in [3.8, 4) is 0 Å². The van der Waals surface area contributed by atoms with Crippen molar-refractivity contribution in [2.75, 3.05) is 18.0 Å². The van der Waals surface area contributed by atoms with Crippen LogP contribution in [0, 0.1) is 0 Å². The van der Waals surface area contributed by atoms with Crippen molar-refractivity contribution in [1.29, 1.82) is 0 Å². The van der Waals surface area contributed by atoms with Crippen molar-refractivity contribution in [1.82, 2.24) is 0 Å². The van der Waals surface area contributed by atoms with E-state index in [0.717, 1.165) is 25.9 Å². The molecule has 1 aromatic carbocycles. The fourth-order valence-electron chi connectivity index (χ4n) is 2.61. The summed E-state index contributed by atoms with van der Waals surface area (Å²) in [5.41, 5.74) is 6.23. The molecule has 1 atom stereocenters. The van der Waals surface area contributed by atoms with Gasteiger partial charge in [0.1, 0.15) is 0 Å². The van der Waals surface area contributed by atoms with E-state index in [2.05, 4.69) is 0 Å². The predicted molar refractivity (Wildman–Crippen MR) is 74.9 cm³/mol. The lowest BCUT2D eigenvalue weighted by Gasteiger charge is -2.22. The maximum atomic E-state index is 13.2. The molecule has 2 rings (SSSR count). The molecule has 1 heterocycles. The van der Waals surface area contributed by atoms with Crippen LogP contribution in [-0.2, 0) is 12.6 Å². The Balaban J connectivity index is 2.32. The number of hydrogen-bond donors (Lipinski definition) is 1. The van der Waals surface area contributed by atoms with E-state index in [-0.39, 0.29) is 12.5 Å². The van der Waals surface area contributed by atoms with Gasteiger partial charge in [-0.25, -0.2) is 0 Å². The van der Waals surface area contributed by atoms with E-state index in [0.29, 0.717) is 17.7 Å². The summed E-state index contributed by atoms with van der Waals surface area (Å²) in [6.07, 6.45) is -1.29. The molecule has 0 bridgehead atoms. The van der Waals surface area contributed by atoms with Crippen LogP contribution < -0.4 is 10.6 Å². The van der Waals surface area contributed by atoms with E-state index in [4.69, 9.17) is 5.73 Å². The first-order chi connectivity index (χ1) is 9.41. The fraction of sp³-hybridized carbons (Fsp3) is 0.600. The summed E-state index contributed by atoms with van der Waals surface area (Å²) in [6.45, 7) is 3.56. The number of alkyl halides is 3. The minimum Gasteiger partial charge on any atom is -0.372 e. The molecule has 112 valence electrons. The summed E-state index contributed by atoms with van der Waals surface area (Å²) in [6, 6.07) is 4.43. The number of nitrogens with zero attached hydrogens (tertiary/aromatic N) is 1. The zero-order chi connectivity index (χ0) is 14.8. The molecule has 1 unspecified atom stereocenters. The van der Waals surface area contributed by atoms with Crippen LogP contribution in [0.1, 0.15) is 37.3 Å². The third-order valence-electron chi connectivity index (χ3n) is 3.88. The van der Waals surface area contributed by atoms with Crippen LogP contribution >= 0.6 is 0 Å². The quantitative estimate of drug-likeness (QED) is 0.916. The highest BCUT2D eigenvalue weighted by atomic mass is 19.4. The summed E-state index contributed by atoms with van der Waals surface area (Å²) >= 11 is 0. The first kappa shape index (κ1) is 15.2. The zero-order valence-electron chi connectivity index (χ0n) is 11.7. The van der Waals surface area contributed by atoms with Gasteiger partial charge in [-0.2, -0.15) is 13.2 Å². The Hall–Kier alpha value is -1.23. The number of hydrogen-bond acceptors (Lipinski definition) is 2. The van der Waals surface area contributed by atoms with Crippen LogP contribution in [0.3, 0.4) is 0 Å². The molecule has 0 aliphatic carbocycles. The van der Waals surface area contributed by atoms with E-state index in [1.807, 2.05) is 11.8 Å². The fourth-order valence-corrected chi connectivity index (χ4v) is 2.61. The van der Waals surface area contributed by atoms with E-state index in [1.54, 1.807) is 12.1 Å². The van der Waals surface area contributed by atoms with Crippen molar-refractivity contribution in [3.63, 3.8) is 0 Å². The van der Waals surface area contributed by atoms with Gasteiger partial charge in [-0.05, 0) is 43.4 Å². The third kappa shape index (κ3) is 3.45. The molecule has 0 amide bonds. The molecule has 1 aromatic rings. The Kier molecular flexibility index (Phi) is 4.58. The summed E-state index contributed by atoms with van der Waals surface area (Å²) < 4.78 is 39.6. The standard InChI is InChI=1S/C15H21F3N2/c1-2-12(19)9-11-5-6-13(20-7-3-4-8-20)10-14(11)15(16,17)18/h5-6,10,12H,2-4,7-9,19H2,1H3. The van der Waals surface area contributed by atoms with Gasteiger partial charge in [0, 0.05) is 24.8 Å². The summed E-state index contributed by atoms with van der Waals surface area (Å²) in [4.78, 5) is 2.01. The average Bonchev–Trinajstić information content (AvgIpc) is 2.91. The maximum Gasteiger partial charge on any atom is 0.416 e. The topological polar surface area (TPSA) is 29.3 Å². The Bertz CT molecular complexity index is 451. The normalized spacial score (nSPS) is 17.6. The van der Waals surface area contributed by atoms with Gasteiger partial charge in [-0.15, -0.1) is 0 Å². The molecule has 2 nitrogen and oxygen atoms in total. The molecule has 20 heavy (non-hydrogen) atoms. The molecule has 1 aliphatic rings. The van der Waals surface area contributed by atoms with Gasteiger partial charge in [0.05, 0.1) is 5.56 Å². The second-order valence-electron chi connectivity index (χ2n) is 5.41. The Morgan fingerprint density at radius 3 is 2.45 bits per heavy atom. The molecule has 0 saturated carbocycles. The highest BCUT2D eigenvalue weighted by Crippen LogP contribution is 2.35. The van der Waals surface area contributed by atoms with Crippen LogP contribution in [0.15, 0.2) is 18.2 Å². The molecular weight excluding hydrogens is 265 g/mol. The lowest BCUT2D eigenvalue weighted by atomic mass is 9.98. The predicted octanol–water partition coefficient (Wildman–Crippen LogP) is 3.59. The molecule has 1 aliphatic heterocycles. The minimum absolute atomic E-state index is 0.228. The zero-order valence-corrected chi connectivity index (χ0v) is 11.7. The molecular formula is C15H21F3N2. The summed E-state index contributed by atoms with van der Waals surface area (Å²) in [5, 5.41) is 0. The number of rotatable bonds is 4.